The number of hydrogen-bond donors (Lipinski definition) is 2. The lowest BCUT2D eigenvalue weighted by molar-refractivity contribution is -0.117. The molecule has 0 radical (unpaired) electrons. The molecule has 0 saturated heterocycles. The fourth-order valence-electron chi connectivity index (χ4n) is 1.66. The highest BCUT2D eigenvalue weighted by atomic mass is 19.1. The minimum atomic E-state index is -0.896. The van der Waals surface area contributed by atoms with Crippen molar-refractivity contribution < 1.29 is 13.6 Å². The Morgan fingerprint density at radius 3 is 2.21 bits per heavy atom. The first-order chi connectivity index (χ1) is 9.06. The molecule has 0 bridgehead atoms. The first-order valence-electron chi connectivity index (χ1n) is 5.64. The van der Waals surface area contributed by atoms with Crippen LogP contribution in [0.3, 0.4) is 0 Å². The van der Waals surface area contributed by atoms with Gasteiger partial charge in [-0.15, -0.1) is 0 Å². The number of amides is 1. The number of nitrogens with one attached hydrogen (secondary N) is 1. The second kappa shape index (κ2) is 5.58. The first kappa shape index (κ1) is 13.2. The zero-order chi connectivity index (χ0) is 13.8. The van der Waals surface area contributed by atoms with Gasteiger partial charge < -0.3 is 11.1 Å². The summed E-state index contributed by atoms with van der Waals surface area (Å²) in [4.78, 5) is 11.9. The summed E-state index contributed by atoms with van der Waals surface area (Å²) in [6.07, 6.45) is 0. The molecule has 0 aliphatic carbocycles. The fraction of sp³-hybridized carbons (Fsp3) is 0.0714. The molecule has 19 heavy (non-hydrogen) atoms. The van der Waals surface area contributed by atoms with Crippen LogP contribution in [0.5, 0.6) is 0 Å². The number of benzene rings is 2. The lowest BCUT2D eigenvalue weighted by atomic mass is 10.1. The van der Waals surface area contributed by atoms with Crippen molar-refractivity contribution in [2.45, 2.75) is 6.04 Å². The number of carbonyl (C=O) groups excluding carboxylic acids is 1. The van der Waals surface area contributed by atoms with Crippen LogP contribution in [0.4, 0.5) is 14.5 Å². The van der Waals surface area contributed by atoms with Crippen molar-refractivity contribution in [2.75, 3.05) is 5.32 Å². The third-order valence-corrected chi connectivity index (χ3v) is 2.57. The van der Waals surface area contributed by atoms with Gasteiger partial charge in [-0.3, -0.25) is 4.79 Å². The molecule has 0 fully saturated rings. The van der Waals surface area contributed by atoms with Crippen LogP contribution in [-0.4, -0.2) is 5.91 Å². The molecular formula is C14H12F2N2O. The molecule has 0 aliphatic rings. The number of carbonyl (C=O) groups is 1. The quantitative estimate of drug-likeness (QED) is 0.893. The number of halogens is 2. The van der Waals surface area contributed by atoms with Crippen molar-refractivity contribution in [1.29, 1.82) is 0 Å². The topological polar surface area (TPSA) is 55.1 Å². The van der Waals surface area contributed by atoms with E-state index in [1.54, 1.807) is 30.3 Å². The first-order valence-corrected chi connectivity index (χ1v) is 5.64. The lowest BCUT2D eigenvalue weighted by Gasteiger charge is -2.12. The molecule has 0 spiro atoms. The minimum Gasteiger partial charge on any atom is -0.324 e. The Hall–Kier alpha value is -2.27. The van der Waals surface area contributed by atoms with Crippen LogP contribution < -0.4 is 11.1 Å². The van der Waals surface area contributed by atoms with Gasteiger partial charge in [0.2, 0.25) is 5.91 Å². The summed E-state index contributed by atoms with van der Waals surface area (Å²) in [5.74, 6) is -2.05. The summed E-state index contributed by atoms with van der Waals surface area (Å²) in [6.45, 7) is 0. The SMILES string of the molecule is N[C@H](C(=O)Nc1cc(F)cc(F)c1)c1ccccc1. The fourth-order valence-corrected chi connectivity index (χ4v) is 1.66. The van der Waals surface area contributed by atoms with Crippen LogP contribution in [0.15, 0.2) is 48.5 Å². The highest BCUT2D eigenvalue weighted by molar-refractivity contribution is 5.95. The van der Waals surface area contributed by atoms with Gasteiger partial charge in [-0.1, -0.05) is 30.3 Å². The Morgan fingerprint density at radius 2 is 1.63 bits per heavy atom. The number of rotatable bonds is 3. The van der Waals surface area contributed by atoms with E-state index in [0.717, 1.165) is 18.2 Å². The monoisotopic (exact) mass is 262 g/mol. The third-order valence-electron chi connectivity index (χ3n) is 2.57. The maximum atomic E-state index is 13.0. The predicted molar refractivity (Wildman–Crippen MR) is 68.4 cm³/mol. The zero-order valence-corrected chi connectivity index (χ0v) is 9.94. The van der Waals surface area contributed by atoms with Gasteiger partial charge >= 0.3 is 0 Å². The third kappa shape index (κ3) is 3.35. The minimum absolute atomic E-state index is 0.0360. The van der Waals surface area contributed by atoms with Gasteiger partial charge in [0, 0.05) is 11.8 Å². The molecule has 0 aromatic heterocycles. The van der Waals surface area contributed by atoms with Crippen LogP contribution in [0, 0.1) is 11.6 Å². The van der Waals surface area contributed by atoms with Crippen LogP contribution in [0.2, 0.25) is 0 Å². The second-order valence-corrected chi connectivity index (χ2v) is 4.04. The highest BCUT2D eigenvalue weighted by Gasteiger charge is 2.16. The van der Waals surface area contributed by atoms with Crippen molar-refractivity contribution >= 4 is 11.6 Å². The molecule has 0 unspecified atom stereocenters. The molecule has 0 heterocycles. The van der Waals surface area contributed by atoms with E-state index in [2.05, 4.69) is 5.32 Å². The zero-order valence-electron chi connectivity index (χ0n) is 9.94. The summed E-state index contributed by atoms with van der Waals surface area (Å²) in [7, 11) is 0. The van der Waals surface area contributed by atoms with Gasteiger partial charge in [-0.2, -0.15) is 0 Å². The van der Waals surface area contributed by atoms with Gasteiger partial charge in [0.15, 0.2) is 0 Å². The van der Waals surface area contributed by atoms with E-state index < -0.39 is 23.6 Å². The number of anilines is 1. The van der Waals surface area contributed by atoms with Crippen molar-refractivity contribution in [2.24, 2.45) is 5.73 Å². The Labute approximate surface area is 109 Å². The molecule has 2 aromatic rings. The Morgan fingerprint density at radius 1 is 1.05 bits per heavy atom. The predicted octanol–water partition coefficient (Wildman–Crippen LogP) is 2.60. The van der Waals surface area contributed by atoms with Gasteiger partial charge in [0.1, 0.15) is 17.7 Å². The molecule has 5 heteroatoms. The van der Waals surface area contributed by atoms with E-state index in [-0.39, 0.29) is 5.69 Å². The van der Waals surface area contributed by atoms with Crippen molar-refractivity contribution in [3.8, 4) is 0 Å². The van der Waals surface area contributed by atoms with E-state index in [1.165, 1.54) is 0 Å². The Kier molecular flexibility index (Phi) is 3.87. The van der Waals surface area contributed by atoms with E-state index in [1.807, 2.05) is 0 Å². The van der Waals surface area contributed by atoms with Gasteiger partial charge in [-0.05, 0) is 17.7 Å². The van der Waals surface area contributed by atoms with E-state index in [9.17, 15) is 13.6 Å². The average Bonchev–Trinajstić information content (AvgIpc) is 2.37. The van der Waals surface area contributed by atoms with E-state index in [4.69, 9.17) is 5.73 Å². The molecular weight excluding hydrogens is 250 g/mol. The van der Waals surface area contributed by atoms with Crippen LogP contribution >= 0.6 is 0 Å². The lowest BCUT2D eigenvalue weighted by Crippen LogP contribution is -2.27. The van der Waals surface area contributed by atoms with Gasteiger partial charge in [0.05, 0.1) is 0 Å². The molecule has 1 amide bonds. The van der Waals surface area contributed by atoms with E-state index in [0.29, 0.717) is 5.56 Å². The molecule has 2 aromatic carbocycles. The summed E-state index contributed by atoms with van der Waals surface area (Å²) in [6, 6.07) is 10.6. The summed E-state index contributed by atoms with van der Waals surface area (Å²) in [5, 5.41) is 2.38. The standard InChI is InChI=1S/C14H12F2N2O/c15-10-6-11(16)8-12(7-10)18-14(19)13(17)9-4-2-1-3-5-9/h1-8,13H,17H2,(H,18,19)/t13-/m0/s1. The molecule has 98 valence electrons. The summed E-state index contributed by atoms with van der Waals surface area (Å²) < 4.78 is 26.0. The molecule has 0 saturated carbocycles. The number of nitrogens with two attached hydrogens (primary N) is 1. The van der Waals surface area contributed by atoms with Gasteiger partial charge in [0.25, 0.3) is 0 Å². The van der Waals surface area contributed by atoms with E-state index >= 15 is 0 Å². The maximum absolute atomic E-state index is 13.0. The van der Waals surface area contributed by atoms with Crippen LogP contribution in [-0.2, 0) is 4.79 Å². The number of hydrogen-bond acceptors (Lipinski definition) is 2. The Bertz CT molecular complexity index is 567. The van der Waals surface area contributed by atoms with Crippen molar-refractivity contribution in [3.63, 3.8) is 0 Å². The molecule has 3 nitrogen and oxygen atoms in total. The van der Waals surface area contributed by atoms with Crippen LogP contribution in [0.25, 0.3) is 0 Å². The average molecular weight is 262 g/mol. The molecule has 3 N–H and O–H groups in total. The normalized spacial score (nSPS) is 11.9. The van der Waals surface area contributed by atoms with Gasteiger partial charge in [-0.25, -0.2) is 8.78 Å². The summed E-state index contributed by atoms with van der Waals surface area (Å²) in [5.41, 5.74) is 6.42. The molecule has 1 atom stereocenters. The highest BCUT2D eigenvalue weighted by Crippen LogP contribution is 2.16. The van der Waals surface area contributed by atoms with Crippen molar-refractivity contribution in [3.05, 3.63) is 65.7 Å². The Balaban J connectivity index is 2.13. The molecule has 0 aliphatic heterocycles. The van der Waals surface area contributed by atoms with Crippen LogP contribution in [0.1, 0.15) is 11.6 Å². The van der Waals surface area contributed by atoms with Crippen molar-refractivity contribution in [1.82, 2.24) is 0 Å². The smallest absolute Gasteiger partial charge is 0.245 e. The summed E-state index contributed by atoms with van der Waals surface area (Å²) >= 11 is 0. The maximum Gasteiger partial charge on any atom is 0.245 e. The largest absolute Gasteiger partial charge is 0.324 e. The second-order valence-electron chi connectivity index (χ2n) is 4.04. The molecule has 2 rings (SSSR count).